The van der Waals surface area contributed by atoms with Gasteiger partial charge in [-0.3, -0.25) is 0 Å². The highest BCUT2D eigenvalue weighted by Crippen LogP contribution is 2.29. The first-order valence-electron chi connectivity index (χ1n) is 6.93. The van der Waals surface area contributed by atoms with Crippen molar-refractivity contribution in [3.8, 4) is 0 Å². The molecule has 3 aromatic rings. The molecule has 0 spiro atoms. The van der Waals surface area contributed by atoms with Crippen LogP contribution in [0.15, 0.2) is 48.5 Å². The molecular formula is C19H16. The lowest BCUT2D eigenvalue weighted by molar-refractivity contribution is 0.989. The van der Waals surface area contributed by atoms with Crippen molar-refractivity contribution in [2.75, 3.05) is 0 Å². The Morgan fingerprint density at radius 2 is 1.58 bits per heavy atom. The zero-order valence-corrected chi connectivity index (χ0v) is 11.1. The van der Waals surface area contributed by atoms with Gasteiger partial charge in [0.05, 0.1) is 0 Å². The fourth-order valence-corrected chi connectivity index (χ4v) is 3.05. The van der Waals surface area contributed by atoms with Crippen molar-refractivity contribution in [1.82, 2.24) is 0 Å². The van der Waals surface area contributed by atoms with Crippen LogP contribution in [-0.4, -0.2) is 0 Å². The van der Waals surface area contributed by atoms with Crippen LogP contribution in [0.2, 0.25) is 0 Å². The van der Waals surface area contributed by atoms with Crippen LogP contribution in [0.1, 0.15) is 23.1 Å². The van der Waals surface area contributed by atoms with Crippen LogP contribution in [-0.2, 0) is 6.42 Å². The molecule has 0 nitrogen and oxygen atoms in total. The van der Waals surface area contributed by atoms with Crippen LogP contribution in [0.4, 0.5) is 0 Å². The molecule has 0 saturated heterocycles. The minimum atomic E-state index is 1.17. The van der Waals surface area contributed by atoms with Crippen molar-refractivity contribution < 1.29 is 0 Å². The van der Waals surface area contributed by atoms with Gasteiger partial charge in [0.2, 0.25) is 0 Å². The maximum atomic E-state index is 2.37. The summed E-state index contributed by atoms with van der Waals surface area (Å²) in [6, 6.07) is 16.0. The molecule has 0 amide bonds. The largest absolute Gasteiger partial charge is 0.0836 e. The number of hydrogen-bond donors (Lipinski definition) is 0. The van der Waals surface area contributed by atoms with Gasteiger partial charge in [-0.15, -0.1) is 0 Å². The van der Waals surface area contributed by atoms with Crippen LogP contribution >= 0.6 is 0 Å². The van der Waals surface area contributed by atoms with Gasteiger partial charge in [-0.2, -0.15) is 0 Å². The van der Waals surface area contributed by atoms with E-state index < -0.39 is 0 Å². The van der Waals surface area contributed by atoms with Crippen LogP contribution in [0.3, 0.4) is 0 Å². The van der Waals surface area contributed by atoms with Crippen molar-refractivity contribution >= 4 is 27.6 Å². The van der Waals surface area contributed by atoms with Crippen LogP contribution in [0.25, 0.3) is 27.6 Å². The van der Waals surface area contributed by atoms with Crippen LogP contribution in [0.5, 0.6) is 0 Å². The second-order valence-corrected chi connectivity index (χ2v) is 5.54. The predicted molar refractivity (Wildman–Crippen MR) is 83.5 cm³/mol. The fourth-order valence-electron chi connectivity index (χ4n) is 3.05. The Morgan fingerprint density at radius 3 is 2.53 bits per heavy atom. The average molecular weight is 244 g/mol. The number of allylic oxidation sites excluding steroid dienone is 1. The zero-order chi connectivity index (χ0) is 12.8. The minimum absolute atomic E-state index is 1.17. The molecule has 0 aliphatic heterocycles. The smallest absolute Gasteiger partial charge is 0.0171 e. The number of benzene rings is 3. The molecule has 92 valence electrons. The number of aryl methyl sites for hydroxylation is 2. The van der Waals surface area contributed by atoms with E-state index >= 15 is 0 Å². The van der Waals surface area contributed by atoms with E-state index in [1.807, 2.05) is 0 Å². The van der Waals surface area contributed by atoms with E-state index in [4.69, 9.17) is 0 Å². The lowest BCUT2D eigenvalue weighted by Gasteiger charge is -2.12. The third-order valence-corrected chi connectivity index (χ3v) is 4.09. The molecule has 4 rings (SSSR count). The molecule has 0 heteroatoms. The summed E-state index contributed by atoms with van der Waals surface area (Å²) >= 11 is 0. The highest BCUT2D eigenvalue weighted by Gasteiger charge is 2.07. The van der Waals surface area contributed by atoms with Gasteiger partial charge < -0.3 is 0 Å². The molecule has 1 aliphatic carbocycles. The summed E-state index contributed by atoms with van der Waals surface area (Å²) in [5.41, 5.74) is 4.21. The normalized spacial score (nSPS) is 13.9. The topological polar surface area (TPSA) is 0 Å². The van der Waals surface area contributed by atoms with Gasteiger partial charge >= 0.3 is 0 Å². The van der Waals surface area contributed by atoms with E-state index in [2.05, 4.69) is 61.5 Å². The SMILES string of the molecule is Cc1ccc2cc3cc4c(cc3cc2c1)C=CCC4. The summed E-state index contributed by atoms with van der Waals surface area (Å²) in [5, 5.41) is 5.39. The number of hydrogen-bond acceptors (Lipinski definition) is 0. The van der Waals surface area contributed by atoms with Gasteiger partial charge in [0.25, 0.3) is 0 Å². The Morgan fingerprint density at radius 1 is 0.789 bits per heavy atom. The molecule has 3 aromatic carbocycles. The minimum Gasteiger partial charge on any atom is -0.0836 e. The zero-order valence-electron chi connectivity index (χ0n) is 11.1. The van der Waals surface area contributed by atoms with Crippen molar-refractivity contribution in [2.24, 2.45) is 0 Å². The Labute approximate surface area is 113 Å². The van der Waals surface area contributed by atoms with Gasteiger partial charge in [0.15, 0.2) is 0 Å². The Kier molecular flexibility index (Phi) is 2.25. The molecule has 0 radical (unpaired) electrons. The third-order valence-electron chi connectivity index (χ3n) is 4.09. The maximum absolute atomic E-state index is 2.37. The van der Waals surface area contributed by atoms with Crippen LogP contribution in [0, 0.1) is 6.92 Å². The summed E-state index contributed by atoms with van der Waals surface area (Å²) in [7, 11) is 0. The molecule has 0 fully saturated rings. The molecule has 0 heterocycles. The quantitative estimate of drug-likeness (QED) is 0.473. The van der Waals surface area contributed by atoms with Crippen molar-refractivity contribution in [3.63, 3.8) is 0 Å². The van der Waals surface area contributed by atoms with Gasteiger partial charge in [-0.25, -0.2) is 0 Å². The number of rotatable bonds is 0. The second-order valence-electron chi connectivity index (χ2n) is 5.54. The van der Waals surface area contributed by atoms with Crippen molar-refractivity contribution in [2.45, 2.75) is 19.8 Å². The molecule has 1 aliphatic rings. The first-order chi connectivity index (χ1) is 9.29. The predicted octanol–water partition coefficient (Wildman–Crippen LogP) is 5.26. The van der Waals surface area contributed by atoms with E-state index in [0.29, 0.717) is 0 Å². The van der Waals surface area contributed by atoms with Crippen molar-refractivity contribution in [3.05, 3.63) is 65.2 Å². The number of fused-ring (bicyclic) bond motifs is 3. The molecule has 0 aromatic heterocycles. The van der Waals surface area contributed by atoms with E-state index in [-0.39, 0.29) is 0 Å². The van der Waals surface area contributed by atoms with Gasteiger partial charge in [-0.05, 0) is 70.6 Å². The molecule has 0 bridgehead atoms. The van der Waals surface area contributed by atoms with E-state index in [9.17, 15) is 0 Å². The van der Waals surface area contributed by atoms with Crippen LogP contribution < -0.4 is 0 Å². The summed E-state index contributed by atoms with van der Waals surface area (Å²) < 4.78 is 0. The van der Waals surface area contributed by atoms with E-state index in [1.165, 1.54) is 51.1 Å². The Bertz CT molecular complexity index is 822. The molecule has 19 heavy (non-hydrogen) atoms. The lowest BCUT2D eigenvalue weighted by atomic mass is 9.92. The van der Waals surface area contributed by atoms with Gasteiger partial charge in [0, 0.05) is 0 Å². The molecule has 0 atom stereocenters. The third kappa shape index (κ3) is 1.76. The summed E-state index contributed by atoms with van der Waals surface area (Å²) in [6.45, 7) is 2.15. The van der Waals surface area contributed by atoms with Gasteiger partial charge in [0.1, 0.15) is 0 Å². The second kappa shape index (κ2) is 3.96. The highest BCUT2D eigenvalue weighted by molar-refractivity contribution is 5.99. The molecule has 0 saturated carbocycles. The van der Waals surface area contributed by atoms with Gasteiger partial charge in [-0.1, -0.05) is 42.0 Å². The standard InChI is InChI=1S/C19H16/c1-13-6-7-16-11-18-9-14-4-2-3-5-15(14)10-19(18)12-17(16)8-13/h3,5-12H,2,4H2,1H3. The van der Waals surface area contributed by atoms with E-state index in [0.717, 1.165) is 0 Å². The first kappa shape index (κ1) is 10.8. The maximum Gasteiger partial charge on any atom is -0.0171 e. The fraction of sp³-hybridized carbons (Fsp3) is 0.158. The highest BCUT2D eigenvalue weighted by atomic mass is 14.1. The monoisotopic (exact) mass is 244 g/mol. The summed E-state index contributed by atoms with van der Waals surface area (Å²) in [5.74, 6) is 0. The molecular weight excluding hydrogens is 228 g/mol. The average Bonchev–Trinajstić information content (AvgIpc) is 2.43. The Hall–Kier alpha value is -2.08. The first-order valence-corrected chi connectivity index (χ1v) is 6.93. The lowest BCUT2D eigenvalue weighted by Crippen LogP contribution is -1.93. The molecule has 0 unspecified atom stereocenters. The summed E-state index contributed by atoms with van der Waals surface area (Å²) in [4.78, 5) is 0. The summed E-state index contributed by atoms with van der Waals surface area (Å²) in [6.07, 6.45) is 6.89. The Balaban J connectivity index is 2.07. The van der Waals surface area contributed by atoms with E-state index in [1.54, 1.807) is 0 Å². The molecule has 0 N–H and O–H groups in total. The van der Waals surface area contributed by atoms with Crippen molar-refractivity contribution in [1.29, 1.82) is 0 Å².